The van der Waals surface area contributed by atoms with Crippen LogP contribution in [-0.2, 0) is 9.53 Å². The highest BCUT2D eigenvalue weighted by Gasteiger charge is 2.13. The van der Waals surface area contributed by atoms with E-state index in [1.54, 1.807) is 0 Å². The minimum atomic E-state index is -0.0791. The second-order valence-corrected chi connectivity index (χ2v) is 4.67. The lowest BCUT2D eigenvalue weighted by molar-refractivity contribution is -0.114. The largest absolute Gasteiger partial charge is 0.378 e. The Kier molecular flexibility index (Phi) is 4.70. The number of carbonyl (C=O) groups excluding carboxylic acids is 1. The number of benzene rings is 1. The molecule has 1 heterocycles. The summed E-state index contributed by atoms with van der Waals surface area (Å²) in [4.78, 5) is 13.0. The van der Waals surface area contributed by atoms with Gasteiger partial charge in [0.05, 0.1) is 13.2 Å². The number of carbonyl (C=O) groups is 1. The van der Waals surface area contributed by atoms with Crippen LogP contribution in [0.1, 0.15) is 6.92 Å². The number of thiocarbonyl (C=S) groups is 1. The Balaban J connectivity index is 1.91. The molecule has 0 radical (unpaired) electrons. The highest BCUT2D eigenvalue weighted by atomic mass is 32.1. The fourth-order valence-electron chi connectivity index (χ4n) is 1.81. The number of nitrogens with zero attached hydrogens (tertiary/aromatic N) is 1. The number of hydrogen-bond acceptors (Lipinski definition) is 3. The third-order valence-corrected chi connectivity index (χ3v) is 3.12. The minimum absolute atomic E-state index is 0.0791. The lowest BCUT2D eigenvalue weighted by Crippen LogP contribution is -2.42. The first-order valence-electron chi connectivity index (χ1n) is 6.16. The molecule has 1 aromatic carbocycles. The van der Waals surface area contributed by atoms with E-state index >= 15 is 0 Å². The standard InChI is InChI=1S/C13H17N3O2S/c1-10(17)14-11-2-4-12(5-3-11)15-13(19)16-6-8-18-9-7-16/h2-5H,6-9H2,1H3,(H,14,17)(H,15,19). The molecule has 1 aliphatic heterocycles. The molecule has 0 aromatic heterocycles. The molecule has 1 amide bonds. The zero-order chi connectivity index (χ0) is 13.7. The molecule has 2 rings (SSSR count). The van der Waals surface area contributed by atoms with Gasteiger partial charge < -0.3 is 20.3 Å². The second kappa shape index (κ2) is 6.49. The Bertz CT molecular complexity index is 455. The SMILES string of the molecule is CC(=O)Nc1ccc(NC(=S)N2CCOCC2)cc1. The molecule has 0 spiro atoms. The van der Waals surface area contributed by atoms with Crippen LogP contribution in [0.15, 0.2) is 24.3 Å². The van der Waals surface area contributed by atoms with Crippen LogP contribution in [0.5, 0.6) is 0 Å². The lowest BCUT2D eigenvalue weighted by atomic mass is 10.3. The van der Waals surface area contributed by atoms with E-state index in [2.05, 4.69) is 15.5 Å². The van der Waals surface area contributed by atoms with Gasteiger partial charge in [0.2, 0.25) is 5.91 Å². The number of rotatable bonds is 2. The van der Waals surface area contributed by atoms with E-state index in [0.717, 1.165) is 24.5 Å². The maximum Gasteiger partial charge on any atom is 0.221 e. The molecule has 19 heavy (non-hydrogen) atoms. The molecular weight excluding hydrogens is 262 g/mol. The first-order chi connectivity index (χ1) is 9.15. The Hall–Kier alpha value is -1.66. The zero-order valence-electron chi connectivity index (χ0n) is 10.8. The molecular formula is C13H17N3O2S. The highest BCUT2D eigenvalue weighted by Crippen LogP contribution is 2.14. The Labute approximate surface area is 117 Å². The van der Waals surface area contributed by atoms with Crippen molar-refractivity contribution in [3.8, 4) is 0 Å². The summed E-state index contributed by atoms with van der Waals surface area (Å²) < 4.78 is 5.28. The van der Waals surface area contributed by atoms with Crippen molar-refractivity contribution in [2.75, 3.05) is 36.9 Å². The second-order valence-electron chi connectivity index (χ2n) is 4.29. The molecule has 5 nitrogen and oxygen atoms in total. The van der Waals surface area contributed by atoms with Crippen molar-refractivity contribution in [2.45, 2.75) is 6.92 Å². The van der Waals surface area contributed by atoms with Crippen molar-refractivity contribution in [3.05, 3.63) is 24.3 Å². The molecule has 1 aliphatic rings. The Morgan fingerprint density at radius 2 is 1.68 bits per heavy atom. The van der Waals surface area contributed by atoms with Gasteiger partial charge in [0.1, 0.15) is 0 Å². The van der Waals surface area contributed by atoms with Crippen LogP contribution in [-0.4, -0.2) is 42.2 Å². The number of amides is 1. The van der Waals surface area contributed by atoms with Crippen LogP contribution < -0.4 is 10.6 Å². The summed E-state index contributed by atoms with van der Waals surface area (Å²) in [6, 6.07) is 7.45. The van der Waals surface area contributed by atoms with E-state index in [0.29, 0.717) is 18.3 Å². The van der Waals surface area contributed by atoms with Crippen molar-refractivity contribution in [2.24, 2.45) is 0 Å². The molecule has 0 saturated carbocycles. The summed E-state index contributed by atoms with van der Waals surface area (Å²) in [6.45, 7) is 4.54. The summed E-state index contributed by atoms with van der Waals surface area (Å²) in [7, 11) is 0. The summed E-state index contributed by atoms with van der Waals surface area (Å²) in [6.07, 6.45) is 0. The zero-order valence-corrected chi connectivity index (χ0v) is 11.6. The van der Waals surface area contributed by atoms with Crippen molar-refractivity contribution in [3.63, 3.8) is 0 Å². The molecule has 1 aromatic rings. The van der Waals surface area contributed by atoms with Gasteiger partial charge in [-0.2, -0.15) is 0 Å². The third kappa shape index (κ3) is 4.18. The average Bonchev–Trinajstić information content (AvgIpc) is 2.41. The van der Waals surface area contributed by atoms with Gasteiger partial charge in [-0.15, -0.1) is 0 Å². The maximum absolute atomic E-state index is 10.9. The molecule has 102 valence electrons. The normalized spacial score (nSPS) is 14.9. The van der Waals surface area contributed by atoms with Crippen molar-refractivity contribution in [1.82, 2.24) is 4.90 Å². The smallest absolute Gasteiger partial charge is 0.221 e. The fourth-order valence-corrected chi connectivity index (χ4v) is 2.11. The van der Waals surface area contributed by atoms with Gasteiger partial charge in [0, 0.05) is 31.4 Å². The van der Waals surface area contributed by atoms with Crippen molar-refractivity contribution < 1.29 is 9.53 Å². The quantitative estimate of drug-likeness (QED) is 0.807. The molecule has 0 bridgehead atoms. The first kappa shape index (κ1) is 13.8. The summed E-state index contributed by atoms with van der Waals surface area (Å²) in [5.41, 5.74) is 1.68. The van der Waals surface area contributed by atoms with Crippen molar-refractivity contribution >= 4 is 34.6 Å². The van der Waals surface area contributed by atoms with E-state index in [-0.39, 0.29) is 5.91 Å². The number of morpholine rings is 1. The van der Waals surface area contributed by atoms with Gasteiger partial charge >= 0.3 is 0 Å². The van der Waals surface area contributed by atoms with Gasteiger partial charge in [-0.25, -0.2) is 0 Å². The number of ether oxygens (including phenoxy) is 1. The van der Waals surface area contributed by atoms with Crippen LogP contribution in [0.3, 0.4) is 0 Å². The van der Waals surface area contributed by atoms with Crippen molar-refractivity contribution in [1.29, 1.82) is 0 Å². The molecule has 0 unspecified atom stereocenters. The Morgan fingerprint density at radius 3 is 2.21 bits per heavy atom. The summed E-state index contributed by atoms with van der Waals surface area (Å²) in [5, 5.41) is 6.61. The summed E-state index contributed by atoms with van der Waals surface area (Å²) >= 11 is 5.35. The molecule has 1 fully saturated rings. The van der Waals surface area contributed by atoms with Crippen LogP contribution in [0.4, 0.5) is 11.4 Å². The number of anilines is 2. The van der Waals surface area contributed by atoms with Gasteiger partial charge in [0.25, 0.3) is 0 Å². The summed E-state index contributed by atoms with van der Waals surface area (Å²) in [5.74, 6) is -0.0791. The predicted molar refractivity (Wildman–Crippen MR) is 79.4 cm³/mol. The van der Waals surface area contributed by atoms with Gasteiger partial charge in [0.15, 0.2) is 5.11 Å². The molecule has 1 saturated heterocycles. The van der Waals surface area contributed by atoms with E-state index in [1.807, 2.05) is 24.3 Å². The topological polar surface area (TPSA) is 53.6 Å². The maximum atomic E-state index is 10.9. The van der Waals surface area contributed by atoms with E-state index in [9.17, 15) is 4.79 Å². The fraction of sp³-hybridized carbons (Fsp3) is 0.385. The van der Waals surface area contributed by atoms with Gasteiger partial charge in [-0.3, -0.25) is 4.79 Å². The van der Waals surface area contributed by atoms with E-state index in [4.69, 9.17) is 17.0 Å². The van der Waals surface area contributed by atoms with Crippen LogP contribution >= 0.6 is 12.2 Å². The van der Waals surface area contributed by atoms with Gasteiger partial charge in [-0.05, 0) is 36.5 Å². The van der Waals surface area contributed by atoms with Crippen LogP contribution in [0.25, 0.3) is 0 Å². The third-order valence-electron chi connectivity index (χ3n) is 2.75. The van der Waals surface area contributed by atoms with E-state index < -0.39 is 0 Å². The lowest BCUT2D eigenvalue weighted by Gasteiger charge is -2.29. The molecule has 0 atom stereocenters. The monoisotopic (exact) mass is 279 g/mol. The highest BCUT2D eigenvalue weighted by molar-refractivity contribution is 7.80. The number of hydrogen-bond donors (Lipinski definition) is 2. The molecule has 2 N–H and O–H groups in total. The number of nitrogens with one attached hydrogen (secondary N) is 2. The van der Waals surface area contributed by atoms with Gasteiger partial charge in [-0.1, -0.05) is 0 Å². The van der Waals surface area contributed by atoms with Crippen LogP contribution in [0.2, 0.25) is 0 Å². The van der Waals surface area contributed by atoms with E-state index in [1.165, 1.54) is 6.92 Å². The molecule has 6 heteroatoms. The first-order valence-corrected chi connectivity index (χ1v) is 6.57. The van der Waals surface area contributed by atoms with Crippen LogP contribution in [0, 0.1) is 0 Å². The molecule has 0 aliphatic carbocycles. The Morgan fingerprint density at radius 1 is 1.16 bits per heavy atom. The predicted octanol–water partition coefficient (Wildman–Crippen LogP) is 1.67. The average molecular weight is 279 g/mol. The minimum Gasteiger partial charge on any atom is -0.378 e.